The SMILES string of the molecule is Cc1ccc2nc(C(=O)NC[C@H]3OC[C@@H](n4ccc(=O)[nH]c4=O)[C@@H]4OC(C)(C)O[C@@H]43)cn2c1. The molecule has 0 bridgehead atoms. The molecule has 4 atom stereocenters. The molecule has 0 aliphatic carbocycles. The minimum atomic E-state index is -0.894. The molecule has 5 rings (SSSR count). The molecule has 3 aromatic heterocycles. The summed E-state index contributed by atoms with van der Waals surface area (Å²) in [5.74, 6) is -1.22. The first kappa shape index (κ1) is 21.6. The average Bonchev–Trinajstić information content (AvgIpc) is 3.31. The number of rotatable bonds is 4. The molecule has 0 radical (unpaired) electrons. The number of pyridine rings is 1. The van der Waals surface area contributed by atoms with E-state index in [0.717, 1.165) is 5.56 Å². The van der Waals surface area contributed by atoms with Gasteiger partial charge in [-0.3, -0.25) is 19.1 Å². The van der Waals surface area contributed by atoms with E-state index in [1.807, 2.05) is 25.3 Å². The van der Waals surface area contributed by atoms with E-state index < -0.39 is 41.4 Å². The number of imidazole rings is 1. The summed E-state index contributed by atoms with van der Waals surface area (Å²) < 4.78 is 21.4. The lowest BCUT2D eigenvalue weighted by Crippen LogP contribution is -2.54. The highest BCUT2D eigenvalue weighted by molar-refractivity contribution is 5.92. The van der Waals surface area contributed by atoms with E-state index >= 15 is 0 Å². The van der Waals surface area contributed by atoms with Gasteiger partial charge in [0.25, 0.3) is 11.5 Å². The predicted molar refractivity (Wildman–Crippen MR) is 116 cm³/mol. The standard InChI is InChI=1S/C22H25N5O6/c1-12-4-5-16-24-13(10-26(16)9-12)20(29)23-8-15-19-18(32-22(2,3)33-19)14(11-31-15)27-7-6-17(28)25-21(27)30/h4-7,9-10,14-15,18-19H,8,11H2,1-3H3,(H,23,29)(H,25,28,30)/t14-,15-,18+,19-/m1/s1. The van der Waals surface area contributed by atoms with Gasteiger partial charge in [0.05, 0.1) is 12.6 Å². The van der Waals surface area contributed by atoms with Gasteiger partial charge in [0, 0.05) is 31.2 Å². The minimum absolute atomic E-state index is 0.154. The zero-order valence-electron chi connectivity index (χ0n) is 18.5. The Morgan fingerprint density at radius 3 is 2.79 bits per heavy atom. The van der Waals surface area contributed by atoms with Crippen molar-refractivity contribution in [2.75, 3.05) is 13.2 Å². The number of amides is 1. The number of fused-ring (bicyclic) bond motifs is 2. The van der Waals surface area contributed by atoms with Crippen molar-refractivity contribution in [1.82, 2.24) is 24.3 Å². The molecule has 2 N–H and O–H groups in total. The van der Waals surface area contributed by atoms with E-state index in [4.69, 9.17) is 14.2 Å². The Bertz CT molecular complexity index is 1320. The topological polar surface area (TPSA) is 129 Å². The normalized spacial score (nSPS) is 26.3. The number of nitrogens with one attached hydrogen (secondary N) is 2. The maximum Gasteiger partial charge on any atom is 0.328 e. The van der Waals surface area contributed by atoms with Crippen molar-refractivity contribution in [2.24, 2.45) is 0 Å². The van der Waals surface area contributed by atoms with Crippen molar-refractivity contribution in [3.8, 4) is 0 Å². The van der Waals surface area contributed by atoms with Crippen molar-refractivity contribution in [3.63, 3.8) is 0 Å². The lowest BCUT2D eigenvalue weighted by molar-refractivity contribution is -0.153. The molecule has 2 fully saturated rings. The summed E-state index contributed by atoms with van der Waals surface area (Å²) in [5, 5.41) is 2.87. The van der Waals surface area contributed by atoms with Crippen LogP contribution in [0.3, 0.4) is 0 Å². The number of H-pyrrole nitrogens is 1. The predicted octanol–water partition coefficient (Wildman–Crippen LogP) is 0.383. The van der Waals surface area contributed by atoms with E-state index in [1.54, 1.807) is 24.4 Å². The van der Waals surface area contributed by atoms with Gasteiger partial charge >= 0.3 is 5.69 Å². The van der Waals surface area contributed by atoms with Crippen LogP contribution in [0.2, 0.25) is 0 Å². The molecule has 2 aliphatic heterocycles. The number of aryl methyl sites for hydroxylation is 1. The zero-order valence-corrected chi connectivity index (χ0v) is 18.5. The van der Waals surface area contributed by atoms with Crippen LogP contribution in [-0.2, 0) is 14.2 Å². The largest absolute Gasteiger partial charge is 0.371 e. The van der Waals surface area contributed by atoms with Crippen LogP contribution < -0.4 is 16.6 Å². The first-order chi connectivity index (χ1) is 15.7. The second kappa shape index (κ2) is 7.94. The number of aromatic nitrogens is 4. The van der Waals surface area contributed by atoms with Crippen molar-refractivity contribution < 1.29 is 19.0 Å². The molecule has 11 heteroatoms. The van der Waals surface area contributed by atoms with Crippen LogP contribution in [0.1, 0.15) is 35.9 Å². The van der Waals surface area contributed by atoms with Crippen LogP contribution in [-0.4, -0.2) is 62.1 Å². The van der Waals surface area contributed by atoms with Gasteiger partial charge in [-0.1, -0.05) is 6.07 Å². The molecule has 2 aliphatic rings. The third-order valence-corrected chi connectivity index (χ3v) is 5.89. The van der Waals surface area contributed by atoms with Crippen molar-refractivity contribution in [1.29, 1.82) is 0 Å². The molecule has 3 aromatic rings. The maximum absolute atomic E-state index is 12.7. The Hall–Kier alpha value is -3.28. The van der Waals surface area contributed by atoms with Crippen LogP contribution in [0.5, 0.6) is 0 Å². The molecule has 2 saturated heterocycles. The van der Waals surface area contributed by atoms with Crippen LogP contribution in [0.4, 0.5) is 0 Å². The van der Waals surface area contributed by atoms with Crippen molar-refractivity contribution >= 4 is 11.6 Å². The number of carbonyl (C=O) groups is 1. The smallest absolute Gasteiger partial charge is 0.328 e. The third kappa shape index (κ3) is 4.10. The number of hydrogen-bond donors (Lipinski definition) is 2. The summed E-state index contributed by atoms with van der Waals surface area (Å²) >= 11 is 0. The Labute approximate surface area is 188 Å². The lowest BCUT2D eigenvalue weighted by Gasteiger charge is -2.37. The van der Waals surface area contributed by atoms with E-state index in [-0.39, 0.29) is 19.1 Å². The summed E-state index contributed by atoms with van der Waals surface area (Å²) in [5.41, 5.74) is 1.02. The molecule has 11 nitrogen and oxygen atoms in total. The first-order valence-corrected chi connectivity index (χ1v) is 10.7. The van der Waals surface area contributed by atoms with Gasteiger partial charge in [0.2, 0.25) is 0 Å². The highest BCUT2D eigenvalue weighted by atomic mass is 16.8. The van der Waals surface area contributed by atoms with Gasteiger partial charge in [-0.25, -0.2) is 9.78 Å². The van der Waals surface area contributed by atoms with Gasteiger partial charge in [0.1, 0.15) is 29.7 Å². The van der Waals surface area contributed by atoms with Gasteiger partial charge in [0.15, 0.2) is 5.79 Å². The fourth-order valence-corrected chi connectivity index (χ4v) is 4.41. The van der Waals surface area contributed by atoms with E-state index in [2.05, 4.69) is 15.3 Å². The number of hydrogen-bond acceptors (Lipinski definition) is 7. The minimum Gasteiger partial charge on any atom is -0.371 e. The number of ether oxygens (including phenoxy) is 3. The van der Waals surface area contributed by atoms with Crippen LogP contribution >= 0.6 is 0 Å². The molecule has 5 heterocycles. The Morgan fingerprint density at radius 2 is 2.00 bits per heavy atom. The van der Waals surface area contributed by atoms with Crippen molar-refractivity contribution in [2.45, 2.75) is 50.9 Å². The van der Waals surface area contributed by atoms with Gasteiger partial charge in [-0.2, -0.15) is 0 Å². The fraction of sp³-hybridized carbons (Fsp3) is 0.455. The molecule has 0 spiro atoms. The average molecular weight is 455 g/mol. The summed E-state index contributed by atoms with van der Waals surface area (Å²) in [7, 11) is 0. The lowest BCUT2D eigenvalue weighted by atomic mass is 9.97. The van der Waals surface area contributed by atoms with E-state index in [0.29, 0.717) is 11.3 Å². The molecule has 0 unspecified atom stereocenters. The first-order valence-electron chi connectivity index (χ1n) is 10.7. The third-order valence-electron chi connectivity index (χ3n) is 5.89. The highest BCUT2D eigenvalue weighted by Gasteiger charge is 2.52. The van der Waals surface area contributed by atoms with Gasteiger partial charge in [-0.15, -0.1) is 0 Å². The number of nitrogens with zero attached hydrogens (tertiary/aromatic N) is 3. The van der Waals surface area contributed by atoms with E-state index in [9.17, 15) is 14.4 Å². The molecular weight excluding hydrogens is 430 g/mol. The molecular formula is C22H25N5O6. The molecule has 33 heavy (non-hydrogen) atoms. The van der Waals surface area contributed by atoms with Crippen molar-refractivity contribution in [3.05, 3.63) is 68.9 Å². The Morgan fingerprint density at radius 1 is 1.21 bits per heavy atom. The van der Waals surface area contributed by atoms with E-state index in [1.165, 1.54) is 16.8 Å². The summed E-state index contributed by atoms with van der Waals surface area (Å²) in [6.45, 7) is 5.87. The molecule has 0 saturated carbocycles. The Balaban J connectivity index is 1.32. The molecule has 1 amide bonds. The summed E-state index contributed by atoms with van der Waals surface area (Å²) in [4.78, 5) is 43.1. The zero-order chi connectivity index (χ0) is 23.3. The molecule has 0 aromatic carbocycles. The number of aromatic amines is 1. The maximum atomic E-state index is 12.7. The quantitative estimate of drug-likeness (QED) is 0.582. The fourth-order valence-electron chi connectivity index (χ4n) is 4.41. The monoisotopic (exact) mass is 455 g/mol. The Kier molecular flexibility index (Phi) is 5.19. The van der Waals surface area contributed by atoms with Gasteiger partial charge < -0.3 is 23.9 Å². The van der Waals surface area contributed by atoms with Crippen LogP contribution in [0.15, 0.2) is 46.4 Å². The number of carbonyl (C=O) groups excluding carboxylic acids is 1. The van der Waals surface area contributed by atoms with Crippen LogP contribution in [0, 0.1) is 6.92 Å². The molecule has 174 valence electrons. The second-order valence-electron chi connectivity index (χ2n) is 8.83. The van der Waals surface area contributed by atoms with Crippen LogP contribution in [0.25, 0.3) is 5.65 Å². The van der Waals surface area contributed by atoms with Gasteiger partial charge in [-0.05, 0) is 32.4 Å². The summed E-state index contributed by atoms with van der Waals surface area (Å²) in [6, 6.07) is 4.57. The second-order valence-corrected chi connectivity index (χ2v) is 8.83. The summed E-state index contributed by atoms with van der Waals surface area (Å²) in [6.07, 6.45) is 3.49. The highest BCUT2D eigenvalue weighted by Crippen LogP contribution is 2.39.